The lowest BCUT2D eigenvalue weighted by Crippen LogP contribution is -2.15. The van der Waals surface area contributed by atoms with Gasteiger partial charge in [0.1, 0.15) is 20.8 Å². The summed E-state index contributed by atoms with van der Waals surface area (Å²) in [6.07, 6.45) is 0. The molecular weight excluding hydrogens is 536 g/mol. The average molecular weight is 553 g/mol. The monoisotopic (exact) mass is 552 g/mol. The number of sulfonamides is 2. The van der Waals surface area contributed by atoms with Gasteiger partial charge >= 0.3 is 5.97 Å². The summed E-state index contributed by atoms with van der Waals surface area (Å²) in [5.41, 5.74) is 0.354. The molecule has 2 N–H and O–H groups in total. The summed E-state index contributed by atoms with van der Waals surface area (Å²) in [7, 11) is -7.94. The molecule has 0 saturated carbocycles. The third-order valence-electron chi connectivity index (χ3n) is 4.48. The van der Waals surface area contributed by atoms with E-state index in [1.807, 2.05) is 0 Å². The van der Waals surface area contributed by atoms with E-state index in [1.54, 1.807) is 22.9 Å². The molecule has 4 rings (SSSR count). The molecule has 182 valence electrons. The number of ether oxygens (including phenoxy) is 1. The van der Waals surface area contributed by atoms with Gasteiger partial charge in [0.15, 0.2) is 0 Å². The molecule has 35 heavy (non-hydrogen) atoms. The zero-order chi connectivity index (χ0) is 25.1. The molecule has 0 unspecified atom stereocenters. The van der Waals surface area contributed by atoms with Gasteiger partial charge in [-0.2, -0.15) is 0 Å². The fourth-order valence-electron chi connectivity index (χ4n) is 2.92. The van der Waals surface area contributed by atoms with Crippen molar-refractivity contribution in [1.29, 1.82) is 0 Å². The first kappa shape index (κ1) is 24.9. The molecule has 8 nitrogen and oxygen atoms in total. The Balaban J connectivity index is 1.63. The molecule has 0 aliphatic rings. The highest BCUT2D eigenvalue weighted by molar-refractivity contribution is 7.95. The molecular formula is C22H17FN2O6S4. The van der Waals surface area contributed by atoms with Crippen LogP contribution in [0.2, 0.25) is 0 Å². The number of carbonyl (C=O) groups excluding carboxylic acids is 1. The second-order valence-corrected chi connectivity index (χ2v) is 12.8. The van der Waals surface area contributed by atoms with Gasteiger partial charge in [0.05, 0.1) is 16.9 Å². The minimum absolute atomic E-state index is 0.0430. The summed E-state index contributed by atoms with van der Waals surface area (Å²) in [4.78, 5) is 12.7. The van der Waals surface area contributed by atoms with Gasteiger partial charge < -0.3 is 4.74 Å². The largest absolute Gasteiger partial charge is 0.457 e. The van der Waals surface area contributed by atoms with E-state index in [0.29, 0.717) is 5.56 Å². The van der Waals surface area contributed by atoms with Crippen LogP contribution in [0.5, 0.6) is 0 Å². The maximum atomic E-state index is 13.1. The maximum Gasteiger partial charge on any atom is 0.338 e. The van der Waals surface area contributed by atoms with E-state index in [1.165, 1.54) is 54.6 Å². The Hall–Kier alpha value is -3.26. The Kier molecular flexibility index (Phi) is 7.21. The molecule has 4 aromatic rings. The highest BCUT2D eigenvalue weighted by Crippen LogP contribution is 2.27. The van der Waals surface area contributed by atoms with Gasteiger partial charge in [0.25, 0.3) is 20.0 Å². The molecule has 0 bridgehead atoms. The Labute approximate surface area is 209 Å². The van der Waals surface area contributed by atoms with Crippen LogP contribution in [0.1, 0.15) is 15.9 Å². The summed E-state index contributed by atoms with van der Waals surface area (Å²) >= 11 is 2.00. The first-order valence-electron chi connectivity index (χ1n) is 9.82. The fraction of sp³-hybridized carbons (Fsp3) is 0.0455. The molecule has 0 radical (unpaired) electrons. The summed E-state index contributed by atoms with van der Waals surface area (Å²) in [6, 6.07) is 15.1. The lowest BCUT2D eigenvalue weighted by Gasteiger charge is -2.13. The molecule has 0 spiro atoms. The second kappa shape index (κ2) is 10.2. The van der Waals surface area contributed by atoms with Crippen LogP contribution in [-0.2, 0) is 31.4 Å². The number of hydrogen-bond acceptors (Lipinski definition) is 8. The maximum absolute atomic E-state index is 13.1. The van der Waals surface area contributed by atoms with Gasteiger partial charge in [-0.15, -0.1) is 22.7 Å². The van der Waals surface area contributed by atoms with Crippen molar-refractivity contribution in [3.05, 3.63) is 94.4 Å². The lowest BCUT2D eigenvalue weighted by atomic mass is 10.2. The lowest BCUT2D eigenvalue weighted by molar-refractivity contribution is 0.0472. The zero-order valence-electron chi connectivity index (χ0n) is 17.7. The van der Waals surface area contributed by atoms with Crippen LogP contribution in [-0.4, -0.2) is 22.8 Å². The van der Waals surface area contributed by atoms with E-state index in [2.05, 4.69) is 9.44 Å². The van der Waals surface area contributed by atoms with E-state index in [-0.39, 0.29) is 32.0 Å². The van der Waals surface area contributed by atoms with E-state index in [0.717, 1.165) is 22.7 Å². The van der Waals surface area contributed by atoms with Crippen molar-refractivity contribution in [3.8, 4) is 0 Å². The van der Waals surface area contributed by atoms with Crippen molar-refractivity contribution >= 4 is 60.1 Å². The van der Waals surface area contributed by atoms with Crippen molar-refractivity contribution in [3.63, 3.8) is 0 Å². The summed E-state index contributed by atoms with van der Waals surface area (Å²) in [6.45, 7) is -0.166. The molecule has 2 aromatic carbocycles. The minimum Gasteiger partial charge on any atom is -0.457 e. The first-order valence-corrected chi connectivity index (χ1v) is 14.5. The number of rotatable bonds is 9. The number of halogens is 1. The number of benzene rings is 2. The van der Waals surface area contributed by atoms with Gasteiger partial charge in [-0.05, 0) is 58.8 Å². The quantitative estimate of drug-likeness (QED) is 0.285. The fourth-order valence-corrected chi connectivity index (χ4v) is 6.99. The van der Waals surface area contributed by atoms with Crippen molar-refractivity contribution in [2.75, 3.05) is 9.44 Å². The average Bonchev–Trinajstić information content (AvgIpc) is 3.53. The summed E-state index contributed by atoms with van der Waals surface area (Å²) in [5.74, 6) is -1.27. The highest BCUT2D eigenvalue weighted by atomic mass is 32.3. The number of anilines is 2. The van der Waals surface area contributed by atoms with Gasteiger partial charge in [0, 0.05) is 0 Å². The molecule has 0 aliphatic heterocycles. The Morgan fingerprint density at radius 1 is 0.800 bits per heavy atom. The predicted molar refractivity (Wildman–Crippen MR) is 132 cm³/mol. The number of hydrogen-bond donors (Lipinski definition) is 2. The van der Waals surface area contributed by atoms with E-state index >= 15 is 0 Å². The molecule has 0 amide bonds. The third-order valence-corrected chi connectivity index (χ3v) is 10.0. The first-order chi connectivity index (χ1) is 16.6. The molecule has 0 aliphatic carbocycles. The van der Waals surface area contributed by atoms with Gasteiger partial charge in [0.2, 0.25) is 0 Å². The molecule has 0 saturated heterocycles. The molecule has 2 aromatic heterocycles. The zero-order valence-corrected chi connectivity index (χ0v) is 20.9. The third kappa shape index (κ3) is 6.25. The van der Waals surface area contributed by atoms with Gasteiger partial charge in [-0.1, -0.05) is 24.3 Å². The Bertz CT molecular complexity index is 1450. The smallest absolute Gasteiger partial charge is 0.338 e. The highest BCUT2D eigenvalue weighted by Gasteiger charge is 2.20. The standard InChI is InChI=1S/C22H17FN2O6S4/c23-17-7-5-15(6-8-17)14-31-22(26)16-11-18(24-34(27,28)20-3-1-9-32-20)13-19(12-16)25-35(29,30)21-4-2-10-33-21/h1-13,24-25H,14H2. The normalized spacial score (nSPS) is 11.7. The molecule has 0 fully saturated rings. The van der Waals surface area contributed by atoms with Crippen LogP contribution < -0.4 is 9.44 Å². The minimum atomic E-state index is -3.97. The summed E-state index contributed by atoms with van der Waals surface area (Å²) < 4.78 is 73.9. The second-order valence-electron chi connectivity index (χ2n) is 7.08. The van der Waals surface area contributed by atoms with E-state index < -0.39 is 31.8 Å². The molecule has 13 heteroatoms. The van der Waals surface area contributed by atoms with E-state index in [9.17, 15) is 26.0 Å². The van der Waals surface area contributed by atoms with E-state index in [4.69, 9.17) is 4.74 Å². The number of nitrogens with one attached hydrogen (secondary N) is 2. The number of esters is 1. The molecule has 0 atom stereocenters. The Morgan fingerprint density at radius 2 is 1.31 bits per heavy atom. The SMILES string of the molecule is O=C(OCc1ccc(F)cc1)c1cc(NS(=O)(=O)c2cccs2)cc(NS(=O)(=O)c2cccs2)c1. The topological polar surface area (TPSA) is 119 Å². The van der Waals surface area contributed by atoms with Crippen molar-refractivity contribution < 1.29 is 30.8 Å². The van der Waals surface area contributed by atoms with Gasteiger partial charge in [-0.3, -0.25) is 9.44 Å². The van der Waals surface area contributed by atoms with Crippen LogP contribution >= 0.6 is 22.7 Å². The van der Waals surface area contributed by atoms with Crippen molar-refractivity contribution in [1.82, 2.24) is 0 Å². The number of carbonyl (C=O) groups is 1. The Morgan fingerprint density at radius 3 is 1.77 bits per heavy atom. The van der Waals surface area contributed by atoms with Crippen LogP contribution in [0.3, 0.4) is 0 Å². The van der Waals surface area contributed by atoms with Crippen molar-refractivity contribution in [2.24, 2.45) is 0 Å². The van der Waals surface area contributed by atoms with Crippen LogP contribution in [0.15, 0.2) is 85.9 Å². The van der Waals surface area contributed by atoms with Crippen LogP contribution in [0.25, 0.3) is 0 Å². The predicted octanol–water partition coefficient (Wildman–Crippen LogP) is 4.91. The van der Waals surface area contributed by atoms with Crippen molar-refractivity contribution in [2.45, 2.75) is 15.0 Å². The van der Waals surface area contributed by atoms with Crippen LogP contribution in [0.4, 0.5) is 15.8 Å². The summed E-state index contributed by atoms with van der Waals surface area (Å²) in [5, 5.41) is 3.19. The van der Waals surface area contributed by atoms with Gasteiger partial charge in [-0.25, -0.2) is 26.0 Å². The molecule has 2 heterocycles. The van der Waals surface area contributed by atoms with Crippen LogP contribution in [0, 0.1) is 5.82 Å². The number of thiophene rings is 2.